The number of nitrogens with zero attached hydrogens (tertiary/aromatic N) is 8. The van der Waals surface area contributed by atoms with Crippen LogP contribution in [-0.2, 0) is 40.5 Å². The number of aromatic nitrogens is 6. The van der Waals surface area contributed by atoms with Gasteiger partial charge in [0.25, 0.3) is 40.5 Å². The van der Waals surface area contributed by atoms with E-state index in [1.54, 1.807) is 74.1 Å². The maximum Gasteiger partial charge on any atom is 0.295 e. The molecule has 7 aromatic carbocycles. The van der Waals surface area contributed by atoms with Crippen molar-refractivity contribution in [2.45, 2.75) is 33.4 Å². The third-order valence-corrected chi connectivity index (χ3v) is 15.3. The molecule has 4 heterocycles. The van der Waals surface area contributed by atoms with Crippen LogP contribution in [0.5, 0.6) is 0 Å². The molecule has 11 rings (SSSR count). The van der Waals surface area contributed by atoms with Crippen molar-refractivity contribution in [3.8, 4) is 11.4 Å². The van der Waals surface area contributed by atoms with E-state index in [4.69, 9.17) is 0 Å². The van der Waals surface area contributed by atoms with Crippen LogP contribution in [0.15, 0.2) is 139 Å². The van der Waals surface area contributed by atoms with Gasteiger partial charge < -0.3 is 0 Å². The molecule has 0 bridgehead atoms. The van der Waals surface area contributed by atoms with Gasteiger partial charge in [-0.25, -0.2) is 0 Å². The fourth-order valence-corrected chi connectivity index (χ4v) is 11.2. The second-order valence-electron chi connectivity index (χ2n) is 15.9. The number of hydrogen-bond acceptors (Lipinski definition) is 11. The van der Waals surface area contributed by atoms with Gasteiger partial charge in [0.15, 0.2) is 5.78 Å². The van der Waals surface area contributed by atoms with Gasteiger partial charge in [0.2, 0.25) is 0 Å². The summed E-state index contributed by atoms with van der Waals surface area (Å²) in [6, 6.07) is 26.6. The smallest absolute Gasteiger partial charge is 0.294 e. The van der Waals surface area contributed by atoms with E-state index in [2.05, 4.69) is 10.2 Å². The molecule has 11 aromatic rings. The predicted octanol–water partition coefficient (Wildman–Crippen LogP) is 7.54. The first kappa shape index (κ1) is 43.1. The molecule has 0 amide bonds. The average molecular weight is 995 g/mol. The molecule has 0 radical (unpaired) electrons. The van der Waals surface area contributed by atoms with Gasteiger partial charge in [0, 0.05) is 21.7 Å². The van der Waals surface area contributed by atoms with Crippen molar-refractivity contribution in [1.82, 2.24) is 28.1 Å². The van der Waals surface area contributed by atoms with Crippen molar-refractivity contribution in [3.05, 3.63) is 131 Å². The maximum absolute atomic E-state index is 13.0. The first-order valence-electron chi connectivity index (χ1n) is 19.9. The molecular weight excluding hydrogens is 965 g/mol. The Morgan fingerprint density at radius 2 is 1.16 bits per heavy atom. The molecule has 25 heteroatoms. The quantitative estimate of drug-likeness (QED) is 0.0422. The van der Waals surface area contributed by atoms with Crippen LogP contribution in [0, 0.1) is 6.92 Å². The Bertz CT molecular complexity index is 4550. The van der Waals surface area contributed by atoms with E-state index in [0.717, 1.165) is 23.2 Å². The zero-order valence-corrected chi connectivity index (χ0v) is 38.0. The number of benzene rings is 7. The zero-order valence-electron chi connectivity index (χ0n) is 34.7. The molecule has 0 unspecified atom stereocenters. The fourth-order valence-electron chi connectivity index (χ4n) is 8.56. The Balaban J connectivity index is 0.899. The first-order valence-corrected chi connectivity index (χ1v) is 25.6. The summed E-state index contributed by atoms with van der Waals surface area (Å²) >= 11 is 0. The Morgan fingerprint density at radius 3 is 1.82 bits per heavy atom. The standard InChI is InChI=1S/C43H30N8O13S4/c1-23-17-37(48-47-36-16-11-27-18-30(65(53,54)55)14-15-31(27)42(36)51(47)48)34(24(2)52)21-35(23)45-44-28-12-9-25(39(19-28)66(56,57)58)7-8-26-10-13-29(20-40(26)67(59,60)61)46-49-38-22-41(68(62,63)64)32-5-3-4-6-33(32)43(38)50(46)49/h3-22H,1-2H3,(H,53,54,55)(H,56,57,58)(H,59,60,61)(H,62,63,64)/b8-7-,45-44?. The number of azo groups is 1. The first-order chi connectivity index (χ1) is 32.0. The van der Waals surface area contributed by atoms with Crippen molar-refractivity contribution >= 4 is 113 Å². The molecule has 0 spiro atoms. The van der Waals surface area contributed by atoms with Gasteiger partial charge in [-0.2, -0.15) is 48.7 Å². The molecule has 4 N–H and O–H groups in total. The second kappa shape index (κ2) is 14.3. The van der Waals surface area contributed by atoms with E-state index in [0.29, 0.717) is 38.4 Å². The third-order valence-electron chi connectivity index (χ3n) is 11.7. The highest BCUT2D eigenvalue weighted by molar-refractivity contribution is 7.86. The van der Waals surface area contributed by atoms with Crippen LogP contribution in [-0.4, -0.2) is 85.8 Å². The molecule has 0 aliphatic rings. The molecule has 0 fully saturated rings. The third kappa shape index (κ3) is 6.73. The summed E-state index contributed by atoms with van der Waals surface area (Å²) in [4.78, 5) is 14.6. The van der Waals surface area contributed by atoms with Crippen LogP contribution in [0.3, 0.4) is 0 Å². The molecular formula is C43H30N8O13S4. The lowest BCUT2D eigenvalue weighted by atomic mass is 10.0. The van der Waals surface area contributed by atoms with E-state index >= 15 is 0 Å². The number of rotatable bonds is 11. The number of carbonyl (C=O) groups is 1. The molecule has 4 aromatic heterocycles. The minimum atomic E-state index is -4.92. The Kier molecular flexibility index (Phi) is 9.04. The molecule has 0 aliphatic heterocycles. The topological polar surface area (TPSA) is 287 Å². The van der Waals surface area contributed by atoms with Crippen molar-refractivity contribution < 1.29 is 56.7 Å². The Hall–Kier alpha value is -7.49. The molecule has 0 aliphatic carbocycles. The largest absolute Gasteiger partial charge is 0.295 e. The summed E-state index contributed by atoms with van der Waals surface area (Å²) in [6.45, 7) is 3.10. The summed E-state index contributed by atoms with van der Waals surface area (Å²) in [5, 5.41) is 10.5. The molecule has 0 atom stereocenters. The van der Waals surface area contributed by atoms with Gasteiger partial charge in [0.1, 0.15) is 36.8 Å². The van der Waals surface area contributed by atoms with Crippen LogP contribution in [0.2, 0.25) is 0 Å². The van der Waals surface area contributed by atoms with Gasteiger partial charge in [-0.3, -0.25) is 23.0 Å². The molecule has 68 heavy (non-hydrogen) atoms. The van der Waals surface area contributed by atoms with Crippen molar-refractivity contribution in [2.24, 2.45) is 10.2 Å². The van der Waals surface area contributed by atoms with E-state index in [1.807, 2.05) is 0 Å². The van der Waals surface area contributed by atoms with Gasteiger partial charge in [-0.1, -0.05) is 60.7 Å². The Labute approximate surface area is 382 Å². The highest BCUT2D eigenvalue weighted by Gasteiger charge is 2.32. The predicted molar refractivity (Wildman–Crippen MR) is 246 cm³/mol. The fraction of sp³-hybridized carbons (Fsp3) is 0.0465. The number of carbonyl (C=O) groups excluding carboxylic acids is 1. The number of hydrogen-bond donors (Lipinski definition) is 4. The lowest BCUT2D eigenvalue weighted by Crippen LogP contribution is -2.03. The molecule has 0 saturated heterocycles. The number of Topliss-reactive ketones (excluding diaryl/α,β-unsaturated/α-hetero) is 1. The summed E-state index contributed by atoms with van der Waals surface area (Å²) in [5.41, 5.74) is 4.24. The van der Waals surface area contributed by atoms with Crippen LogP contribution < -0.4 is 0 Å². The van der Waals surface area contributed by atoms with Gasteiger partial charge in [-0.15, -0.1) is 23.3 Å². The van der Waals surface area contributed by atoms with Crippen LogP contribution in [0.25, 0.3) is 67.1 Å². The van der Waals surface area contributed by atoms with E-state index in [9.17, 15) is 56.7 Å². The summed E-state index contributed by atoms with van der Waals surface area (Å²) in [5.74, 6) is -0.308. The molecule has 344 valence electrons. The molecule has 21 nitrogen and oxygen atoms in total. The lowest BCUT2D eigenvalue weighted by molar-refractivity contribution is 0.101. The monoisotopic (exact) mass is 994 g/mol. The highest BCUT2D eigenvalue weighted by Crippen LogP contribution is 2.39. The Morgan fingerprint density at radius 1 is 0.544 bits per heavy atom. The summed E-state index contributed by atoms with van der Waals surface area (Å²) in [7, 11) is -18.9. The lowest BCUT2D eigenvalue weighted by Gasteiger charge is -2.08. The van der Waals surface area contributed by atoms with Crippen LogP contribution in [0.1, 0.15) is 34.0 Å². The molecule has 0 saturated carbocycles. The maximum atomic E-state index is 13.0. The van der Waals surface area contributed by atoms with Crippen molar-refractivity contribution in [2.75, 3.05) is 0 Å². The summed E-state index contributed by atoms with van der Waals surface area (Å²) in [6.07, 6.45) is 2.44. The number of ketones is 1. The normalized spacial score (nSPS) is 13.6. The van der Waals surface area contributed by atoms with E-state index in [-0.39, 0.29) is 54.7 Å². The minimum Gasteiger partial charge on any atom is -0.294 e. The number of fused-ring (bicyclic) bond motifs is 12. The minimum absolute atomic E-state index is 0.0121. The van der Waals surface area contributed by atoms with E-state index < -0.39 is 50.3 Å². The highest BCUT2D eigenvalue weighted by atomic mass is 32.2. The SMILES string of the molecule is CC(=O)c1cc(N=Nc2ccc(/C=C\c3ccc(-n4n5c6cc(S(=O)(=O)O)c7ccccc7c6n45)cc3S(=O)(=O)O)c(S(=O)(=O)O)c2)c(C)cc1-n1n2c3ccc4cc(S(=O)(=O)O)ccc4c3n12. The van der Waals surface area contributed by atoms with Crippen molar-refractivity contribution in [1.29, 1.82) is 0 Å². The van der Waals surface area contributed by atoms with Gasteiger partial charge in [-0.05, 0) is 96.6 Å². The van der Waals surface area contributed by atoms with Gasteiger partial charge in [0.05, 0.1) is 27.6 Å². The number of aryl methyl sites for hydroxylation is 1. The second-order valence-corrected chi connectivity index (χ2v) is 21.5. The summed E-state index contributed by atoms with van der Waals surface area (Å²) < 4.78 is 145. The van der Waals surface area contributed by atoms with Crippen molar-refractivity contribution in [3.63, 3.8) is 0 Å². The van der Waals surface area contributed by atoms with E-state index in [1.165, 1.54) is 77.0 Å². The van der Waals surface area contributed by atoms with Gasteiger partial charge >= 0.3 is 0 Å². The van der Waals surface area contributed by atoms with Crippen LogP contribution in [0.4, 0.5) is 11.4 Å². The average Bonchev–Trinajstić information content (AvgIpc) is 4.13. The zero-order chi connectivity index (χ0) is 48.1. The van der Waals surface area contributed by atoms with Crippen LogP contribution >= 0.6 is 0 Å².